The van der Waals surface area contributed by atoms with Crippen molar-refractivity contribution in [3.05, 3.63) is 0 Å². The molecule has 0 radical (unpaired) electrons. The molecular weight excluding hydrogens is 186 g/mol. The third-order valence-electron chi connectivity index (χ3n) is 2.43. The summed E-state index contributed by atoms with van der Waals surface area (Å²) in [7, 11) is 0. The molecule has 1 aliphatic carbocycles. The fourth-order valence-corrected chi connectivity index (χ4v) is 2.03. The van der Waals surface area contributed by atoms with Gasteiger partial charge in [0.25, 0.3) is 0 Å². The second-order valence-corrected chi connectivity index (χ2v) is 4.84. The van der Waals surface area contributed by atoms with Gasteiger partial charge >= 0.3 is 5.97 Å². The van der Waals surface area contributed by atoms with E-state index in [2.05, 4.69) is 11.6 Å². The Kier molecular flexibility index (Phi) is 4.06. The molecule has 1 saturated carbocycles. The minimum atomic E-state index is -0.701. The highest BCUT2D eigenvalue weighted by atomic mass is 32.2. The lowest BCUT2D eigenvalue weighted by Crippen LogP contribution is -2.27. The average Bonchev–Trinajstić information content (AvgIpc) is 2.84. The first kappa shape index (κ1) is 10.9. The Morgan fingerprint density at radius 1 is 1.62 bits per heavy atom. The van der Waals surface area contributed by atoms with Crippen molar-refractivity contribution in [1.29, 1.82) is 0 Å². The second kappa shape index (κ2) is 4.86. The van der Waals surface area contributed by atoms with E-state index in [1.54, 1.807) is 0 Å². The third-order valence-corrected chi connectivity index (χ3v) is 3.85. The first-order valence-corrected chi connectivity index (χ1v) is 5.89. The summed E-state index contributed by atoms with van der Waals surface area (Å²) in [6.07, 6.45) is 5.77. The van der Waals surface area contributed by atoms with E-state index in [0.717, 1.165) is 19.5 Å². The molecule has 0 aromatic heterocycles. The summed E-state index contributed by atoms with van der Waals surface area (Å²) in [4.78, 5) is 10.2. The maximum absolute atomic E-state index is 10.2. The number of carbonyl (C=O) groups is 1. The highest BCUT2D eigenvalue weighted by molar-refractivity contribution is 8.00. The van der Waals surface area contributed by atoms with Crippen LogP contribution in [-0.2, 0) is 4.79 Å². The van der Waals surface area contributed by atoms with Gasteiger partial charge in [0.2, 0.25) is 0 Å². The standard InChI is InChI=1S/C9H17NO2S/c1-13-9(4-5-9)7-10-6-2-3-8(11)12/h10H,2-7H2,1H3,(H,11,12). The molecule has 0 aliphatic heterocycles. The van der Waals surface area contributed by atoms with Crippen LogP contribution in [0.3, 0.4) is 0 Å². The van der Waals surface area contributed by atoms with Crippen molar-refractivity contribution in [2.24, 2.45) is 0 Å². The Labute approximate surface area is 83.3 Å². The summed E-state index contributed by atoms with van der Waals surface area (Å²) in [5, 5.41) is 11.7. The van der Waals surface area contributed by atoms with E-state index in [4.69, 9.17) is 5.11 Å². The van der Waals surface area contributed by atoms with Crippen molar-refractivity contribution < 1.29 is 9.90 Å². The normalized spacial score (nSPS) is 18.5. The van der Waals surface area contributed by atoms with E-state index < -0.39 is 5.97 Å². The molecule has 0 saturated heterocycles. The summed E-state index contributed by atoms with van der Waals surface area (Å²) in [6.45, 7) is 1.86. The van der Waals surface area contributed by atoms with Gasteiger partial charge in [0.1, 0.15) is 0 Å². The first-order chi connectivity index (χ1) is 6.18. The maximum Gasteiger partial charge on any atom is 0.303 e. The Hall–Kier alpha value is -0.220. The van der Waals surface area contributed by atoms with Gasteiger partial charge in [-0.1, -0.05) is 0 Å². The van der Waals surface area contributed by atoms with E-state index in [1.807, 2.05) is 11.8 Å². The first-order valence-electron chi connectivity index (χ1n) is 4.66. The van der Waals surface area contributed by atoms with Gasteiger partial charge in [-0.3, -0.25) is 4.79 Å². The van der Waals surface area contributed by atoms with Crippen molar-refractivity contribution in [3.8, 4) is 0 Å². The van der Waals surface area contributed by atoms with E-state index in [-0.39, 0.29) is 6.42 Å². The van der Waals surface area contributed by atoms with Gasteiger partial charge in [0.15, 0.2) is 0 Å². The zero-order valence-corrected chi connectivity index (χ0v) is 8.82. The fourth-order valence-electron chi connectivity index (χ4n) is 1.27. The van der Waals surface area contributed by atoms with Crippen LogP contribution in [0.2, 0.25) is 0 Å². The Morgan fingerprint density at radius 2 is 2.31 bits per heavy atom. The Morgan fingerprint density at radius 3 is 2.77 bits per heavy atom. The van der Waals surface area contributed by atoms with E-state index in [9.17, 15) is 4.79 Å². The quantitative estimate of drug-likeness (QED) is 0.613. The number of carboxylic acids is 1. The van der Waals surface area contributed by atoms with Gasteiger partial charge in [0, 0.05) is 17.7 Å². The van der Waals surface area contributed by atoms with Crippen LogP contribution in [0.4, 0.5) is 0 Å². The van der Waals surface area contributed by atoms with Crippen LogP contribution in [0.25, 0.3) is 0 Å². The van der Waals surface area contributed by atoms with Crippen LogP contribution in [0, 0.1) is 0 Å². The molecule has 2 N–H and O–H groups in total. The van der Waals surface area contributed by atoms with Crippen LogP contribution in [0.5, 0.6) is 0 Å². The predicted octanol–water partition coefficient (Wildman–Crippen LogP) is 1.34. The zero-order valence-electron chi connectivity index (χ0n) is 8.01. The summed E-state index contributed by atoms with van der Waals surface area (Å²) in [5.41, 5.74) is 0. The highest BCUT2D eigenvalue weighted by Crippen LogP contribution is 2.46. The highest BCUT2D eigenvalue weighted by Gasteiger charge is 2.41. The Bertz CT molecular complexity index is 180. The van der Waals surface area contributed by atoms with Crippen LogP contribution in [0.15, 0.2) is 0 Å². The third kappa shape index (κ3) is 4.00. The van der Waals surface area contributed by atoms with Gasteiger partial charge in [-0.25, -0.2) is 0 Å². The number of nitrogens with one attached hydrogen (secondary N) is 1. The molecule has 0 spiro atoms. The molecule has 0 aromatic carbocycles. The summed E-state index contributed by atoms with van der Waals surface area (Å²) < 4.78 is 0.489. The molecule has 0 unspecified atom stereocenters. The lowest BCUT2D eigenvalue weighted by Gasteiger charge is -2.12. The molecule has 76 valence electrons. The number of thioether (sulfide) groups is 1. The van der Waals surface area contributed by atoms with E-state index in [0.29, 0.717) is 4.75 Å². The van der Waals surface area contributed by atoms with E-state index in [1.165, 1.54) is 12.8 Å². The molecule has 3 nitrogen and oxygen atoms in total. The molecule has 0 bridgehead atoms. The summed E-state index contributed by atoms with van der Waals surface area (Å²) >= 11 is 1.92. The van der Waals surface area contributed by atoms with E-state index >= 15 is 0 Å². The molecule has 1 rings (SSSR count). The maximum atomic E-state index is 10.2. The fraction of sp³-hybridized carbons (Fsp3) is 0.889. The lowest BCUT2D eigenvalue weighted by atomic mass is 10.3. The van der Waals surface area contributed by atoms with Crippen molar-refractivity contribution in [2.45, 2.75) is 30.4 Å². The van der Waals surface area contributed by atoms with Crippen LogP contribution >= 0.6 is 11.8 Å². The van der Waals surface area contributed by atoms with Gasteiger partial charge in [-0.2, -0.15) is 11.8 Å². The molecule has 4 heteroatoms. The van der Waals surface area contributed by atoms with Gasteiger partial charge < -0.3 is 10.4 Å². The molecular formula is C9H17NO2S. The van der Waals surface area contributed by atoms with Crippen molar-refractivity contribution in [2.75, 3.05) is 19.3 Å². The van der Waals surface area contributed by atoms with Gasteiger partial charge in [0.05, 0.1) is 0 Å². The van der Waals surface area contributed by atoms with Crippen LogP contribution in [-0.4, -0.2) is 35.2 Å². The molecule has 1 aliphatic rings. The SMILES string of the molecule is CSC1(CNCCCC(=O)O)CC1. The van der Waals surface area contributed by atoms with Gasteiger partial charge in [-0.15, -0.1) is 0 Å². The van der Waals surface area contributed by atoms with Crippen molar-refractivity contribution >= 4 is 17.7 Å². The number of aliphatic carboxylic acids is 1. The largest absolute Gasteiger partial charge is 0.481 e. The molecule has 1 fully saturated rings. The lowest BCUT2D eigenvalue weighted by molar-refractivity contribution is -0.137. The number of hydrogen-bond donors (Lipinski definition) is 2. The second-order valence-electron chi connectivity index (χ2n) is 3.56. The number of carboxylic acid groups (broad SMARTS) is 1. The number of rotatable bonds is 7. The summed E-state index contributed by atoms with van der Waals surface area (Å²) in [5.74, 6) is -0.701. The Balaban J connectivity index is 1.92. The molecule has 0 heterocycles. The van der Waals surface area contributed by atoms with Crippen LogP contribution < -0.4 is 5.32 Å². The molecule has 0 aromatic rings. The molecule has 13 heavy (non-hydrogen) atoms. The van der Waals surface area contributed by atoms with Gasteiger partial charge in [-0.05, 0) is 32.1 Å². The van der Waals surface area contributed by atoms with Crippen molar-refractivity contribution in [3.63, 3.8) is 0 Å². The smallest absolute Gasteiger partial charge is 0.303 e. The predicted molar refractivity (Wildman–Crippen MR) is 55.2 cm³/mol. The monoisotopic (exact) mass is 203 g/mol. The minimum Gasteiger partial charge on any atom is -0.481 e. The minimum absolute atomic E-state index is 0.277. The summed E-state index contributed by atoms with van der Waals surface area (Å²) in [6, 6.07) is 0. The zero-order chi connectivity index (χ0) is 9.73. The topological polar surface area (TPSA) is 49.3 Å². The number of hydrogen-bond acceptors (Lipinski definition) is 3. The van der Waals surface area contributed by atoms with Crippen molar-refractivity contribution in [1.82, 2.24) is 5.32 Å². The average molecular weight is 203 g/mol. The van der Waals surface area contributed by atoms with Crippen LogP contribution in [0.1, 0.15) is 25.7 Å². The molecule has 0 atom stereocenters. The molecule has 0 amide bonds.